The summed E-state index contributed by atoms with van der Waals surface area (Å²) in [6.07, 6.45) is 2.34. The molecule has 118 valence electrons. The zero-order valence-corrected chi connectivity index (χ0v) is 13.8. The minimum Gasteiger partial charge on any atom is -0.381 e. The standard InChI is InChI=1S/C18H30N2O/c1-4-10-19-18-9-11-21-14-17(18)13-20(3)12-16-8-6-5-7-15(16)2/h5-8,17-19H,4,9-14H2,1-3H3. The number of nitrogens with zero attached hydrogens (tertiary/aromatic N) is 1. The fraction of sp³-hybridized carbons (Fsp3) is 0.667. The van der Waals surface area contributed by atoms with Gasteiger partial charge in [-0.3, -0.25) is 0 Å². The van der Waals surface area contributed by atoms with Gasteiger partial charge in [-0.1, -0.05) is 31.2 Å². The normalized spacial score (nSPS) is 22.7. The van der Waals surface area contributed by atoms with E-state index in [0.29, 0.717) is 12.0 Å². The van der Waals surface area contributed by atoms with Crippen LogP contribution in [0.4, 0.5) is 0 Å². The second-order valence-corrected chi connectivity index (χ2v) is 6.31. The van der Waals surface area contributed by atoms with Crippen LogP contribution in [0.1, 0.15) is 30.9 Å². The molecule has 2 unspecified atom stereocenters. The highest BCUT2D eigenvalue weighted by atomic mass is 16.5. The highest BCUT2D eigenvalue weighted by molar-refractivity contribution is 5.25. The number of benzene rings is 1. The SMILES string of the molecule is CCCNC1CCOCC1CN(C)Cc1ccccc1C. The van der Waals surface area contributed by atoms with Crippen LogP contribution in [-0.4, -0.2) is 44.3 Å². The van der Waals surface area contributed by atoms with Gasteiger partial charge in [0.2, 0.25) is 0 Å². The Morgan fingerprint density at radius 3 is 2.90 bits per heavy atom. The highest BCUT2D eigenvalue weighted by Gasteiger charge is 2.26. The number of ether oxygens (including phenoxy) is 1. The summed E-state index contributed by atoms with van der Waals surface area (Å²) >= 11 is 0. The van der Waals surface area contributed by atoms with Crippen molar-refractivity contribution >= 4 is 0 Å². The first kappa shape index (κ1) is 16.5. The van der Waals surface area contributed by atoms with Crippen LogP contribution in [0.15, 0.2) is 24.3 Å². The lowest BCUT2D eigenvalue weighted by Gasteiger charge is -2.35. The maximum Gasteiger partial charge on any atom is 0.0521 e. The Kier molecular flexibility index (Phi) is 6.68. The molecule has 2 atom stereocenters. The Labute approximate surface area is 129 Å². The van der Waals surface area contributed by atoms with Gasteiger partial charge in [-0.05, 0) is 44.5 Å². The van der Waals surface area contributed by atoms with E-state index in [-0.39, 0.29) is 0 Å². The lowest BCUT2D eigenvalue weighted by Crippen LogP contribution is -2.47. The van der Waals surface area contributed by atoms with Gasteiger partial charge in [-0.2, -0.15) is 0 Å². The van der Waals surface area contributed by atoms with Crippen molar-refractivity contribution in [3.63, 3.8) is 0 Å². The van der Waals surface area contributed by atoms with E-state index < -0.39 is 0 Å². The lowest BCUT2D eigenvalue weighted by molar-refractivity contribution is 0.0189. The van der Waals surface area contributed by atoms with E-state index in [4.69, 9.17) is 4.74 Å². The number of nitrogens with one attached hydrogen (secondary N) is 1. The van der Waals surface area contributed by atoms with Crippen LogP contribution < -0.4 is 5.32 Å². The zero-order valence-electron chi connectivity index (χ0n) is 13.8. The van der Waals surface area contributed by atoms with Crippen molar-refractivity contribution in [2.75, 3.05) is 33.4 Å². The summed E-state index contributed by atoms with van der Waals surface area (Å²) in [6.45, 7) is 9.44. The molecule has 1 N–H and O–H groups in total. The summed E-state index contributed by atoms with van der Waals surface area (Å²) in [6, 6.07) is 9.27. The minimum absolute atomic E-state index is 0.597. The Hall–Kier alpha value is -0.900. The number of hydrogen-bond donors (Lipinski definition) is 1. The van der Waals surface area contributed by atoms with E-state index in [1.54, 1.807) is 0 Å². The molecule has 1 aliphatic rings. The van der Waals surface area contributed by atoms with E-state index in [2.05, 4.69) is 55.4 Å². The molecular formula is C18H30N2O. The molecular weight excluding hydrogens is 260 g/mol. The number of aryl methyl sites for hydroxylation is 1. The average molecular weight is 290 g/mol. The largest absolute Gasteiger partial charge is 0.381 e. The smallest absolute Gasteiger partial charge is 0.0521 e. The molecule has 21 heavy (non-hydrogen) atoms. The van der Waals surface area contributed by atoms with E-state index in [1.807, 2.05) is 0 Å². The maximum absolute atomic E-state index is 5.70. The van der Waals surface area contributed by atoms with E-state index >= 15 is 0 Å². The van der Waals surface area contributed by atoms with Crippen LogP contribution in [0.2, 0.25) is 0 Å². The third-order valence-electron chi connectivity index (χ3n) is 4.38. The van der Waals surface area contributed by atoms with Crippen molar-refractivity contribution in [2.24, 2.45) is 5.92 Å². The minimum atomic E-state index is 0.597. The van der Waals surface area contributed by atoms with Gasteiger partial charge in [-0.15, -0.1) is 0 Å². The summed E-state index contributed by atoms with van der Waals surface area (Å²) in [7, 11) is 2.22. The van der Waals surface area contributed by atoms with E-state index in [1.165, 1.54) is 17.5 Å². The average Bonchev–Trinajstić information content (AvgIpc) is 2.49. The monoisotopic (exact) mass is 290 g/mol. The molecule has 0 amide bonds. The van der Waals surface area contributed by atoms with E-state index in [9.17, 15) is 0 Å². The van der Waals surface area contributed by atoms with Gasteiger partial charge >= 0.3 is 0 Å². The van der Waals surface area contributed by atoms with Crippen LogP contribution in [0.3, 0.4) is 0 Å². The molecule has 0 spiro atoms. The highest BCUT2D eigenvalue weighted by Crippen LogP contribution is 2.18. The van der Waals surface area contributed by atoms with Crippen molar-refractivity contribution < 1.29 is 4.74 Å². The van der Waals surface area contributed by atoms with Gasteiger partial charge < -0.3 is 15.0 Å². The van der Waals surface area contributed by atoms with Gasteiger partial charge in [0.05, 0.1) is 6.61 Å². The Bertz CT molecular complexity index is 421. The summed E-state index contributed by atoms with van der Waals surface area (Å²) in [5.41, 5.74) is 2.81. The molecule has 3 nitrogen and oxygen atoms in total. The quantitative estimate of drug-likeness (QED) is 0.836. The molecule has 0 radical (unpaired) electrons. The first-order valence-electron chi connectivity index (χ1n) is 8.25. The first-order valence-corrected chi connectivity index (χ1v) is 8.25. The lowest BCUT2D eigenvalue weighted by atomic mass is 9.94. The van der Waals surface area contributed by atoms with Gasteiger partial charge in [0.1, 0.15) is 0 Å². The van der Waals surface area contributed by atoms with Crippen LogP contribution in [0.5, 0.6) is 0 Å². The summed E-state index contributed by atoms with van der Waals surface area (Å²) < 4.78 is 5.70. The van der Waals surface area contributed by atoms with Crippen molar-refractivity contribution in [3.05, 3.63) is 35.4 Å². The maximum atomic E-state index is 5.70. The summed E-state index contributed by atoms with van der Waals surface area (Å²) in [5, 5.41) is 3.70. The zero-order chi connectivity index (χ0) is 15.1. The Morgan fingerprint density at radius 2 is 2.14 bits per heavy atom. The molecule has 1 aromatic rings. The molecule has 0 aromatic heterocycles. The second kappa shape index (κ2) is 8.52. The van der Waals surface area contributed by atoms with E-state index in [0.717, 1.165) is 39.3 Å². The fourth-order valence-electron chi connectivity index (χ4n) is 3.12. The summed E-state index contributed by atoms with van der Waals surface area (Å²) in [4.78, 5) is 2.43. The van der Waals surface area contributed by atoms with Gasteiger partial charge in [0, 0.05) is 31.7 Å². The Morgan fingerprint density at radius 1 is 1.33 bits per heavy atom. The van der Waals surface area contributed by atoms with Crippen LogP contribution >= 0.6 is 0 Å². The molecule has 1 aromatic carbocycles. The van der Waals surface area contributed by atoms with Crippen molar-refractivity contribution in [3.8, 4) is 0 Å². The van der Waals surface area contributed by atoms with Crippen LogP contribution in [0, 0.1) is 12.8 Å². The molecule has 1 aliphatic heterocycles. The van der Waals surface area contributed by atoms with Crippen LogP contribution in [-0.2, 0) is 11.3 Å². The van der Waals surface area contributed by atoms with Gasteiger partial charge in [0.25, 0.3) is 0 Å². The van der Waals surface area contributed by atoms with Crippen molar-refractivity contribution in [1.29, 1.82) is 0 Å². The van der Waals surface area contributed by atoms with Crippen LogP contribution in [0.25, 0.3) is 0 Å². The molecule has 1 heterocycles. The number of hydrogen-bond acceptors (Lipinski definition) is 3. The molecule has 1 fully saturated rings. The fourth-order valence-corrected chi connectivity index (χ4v) is 3.12. The Balaban J connectivity index is 1.87. The third-order valence-corrected chi connectivity index (χ3v) is 4.38. The predicted molar refractivity (Wildman–Crippen MR) is 88.5 cm³/mol. The van der Waals surface area contributed by atoms with Gasteiger partial charge in [0.15, 0.2) is 0 Å². The topological polar surface area (TPSA) is 24.5 Å². The molecule has 0 saturated carbocycles. The molecule has 0 bridgehead atoms. The van der Waals surface area contributed by atoms with Gasteiger partial charge in [-0.25, -0.2) is 0 Å². The number of rotatable bonds is 7. The molecule has 0 aliphatic carbocycles. The molecule has 3 heteroatoms. The third kappa shape index (κ3) is 5.10. The molecule has 1 saturated heterocycles. The predicted octanol–water partition coefficient (Wildman–Crippen LogP) is 2.83. The first-order chi connectivity index (χ1) is 10.2. The second-order valence-electron chi connectivity index (χ2n) is 6.31. The van der Waals surface area contributed by atoms with Crippen molar-refractivity contribution in [1.82, 2.24) is 10.2 Å². The molecule has 2 rings (SSSR count). The van der Waals surface area contributed by atoms with Crippen molar-refractivity contribution in [2.45, 2.75) is 39.3 Å². The summed E-state index contributed by atoms with van der Waals surface area (Å²) in [5.74, 6) is 0.597.